The summed E-state index contributed by atoms with van der Waals surface area (Å²) in [6.45, 7) is 2.01. The zero-order valence-corrected chi connectivity index (χ0v) is 11.2. The van der Waals surface area contributed by atoms with Crippen molar-refractivity contribution in [2.45, 2.75) is 17.7 Å². The molecule has 98 valence electrons. The summed E-state index contributed by atoms with van der Waals surface area (Å²) in [5, 5.41) is 11.3. The molecule has 2 rings (SSSR count). The Balaban J connectivity index is 2.22. The third-order valence-corrected chi connectivity index (χ3v) is 3.71. The van der Waals surface area contributed by atoms with Crippen LogP contribution in [0.4, 0.5) is 11.5 Å². The number of thioether (sulfide) groups is 1. The number of rotatable bonds is 4. The minimum atomic E-state index is -0.438. The van der Waals surface area contributed by atoms with Gasteiger partial charge in [0.15, 0.2) is 5.03 Å². The maximum Gasteiger partial charge on any atom is 0.301 e. The number of nitrogens with zero attached hydrogens (tertiary/aromatic N) is 2. The van der Waals surface area contributed by atoms with Crippen LogP contribution in [0.2, 0.25) is 0 Å². The van der Waals surface area contributed by atoms with Gasteiger partial charge in [-0.3, -0.25) is 10.1 Å². The Morgan fingerprint density at radius 2 is 2.05 bits per heavy atom. The molecule has 0 radical (unpaired) electrons. The Labute approximate surface area is 115 Å². The maximum atomic E-state index is 10.9. The topological polar surface area (TPSA) is 82.0 Å². The van der Waals surface area contributed by atoms with Crippen molar-refractivity contribution in [3.63, 3.8) is 0 Å². The van der Waals surface area contributed by atoms with Gasteiger partial charge in [0.1, 0.15) is 5.82 Å². The summed E-state index contributed by atoms with van der Waals surface area (Å²) in [5.74, 6) is 0.919. The molecule has 19 heavy (non-hydrogen) atoms. The van der Waals surface area contributed by atoms with Gasteiger partial charge in [-0.25, -0.2) is 4.98 Å². The molecule has 0 spiro atoms. The van der Waals surface area contributed by atoms with Crippen LogP contribution in [-0.2, 0) is 5.75 Å². The van der Waals surface area contributed by atoms with Crippen LogP contribution in [0, 0.1) is 17.0 Å². The second kappa shape index (κ2) is 5.71. The van der Waals surface area contributed by atoms with Crippen molar-refractivity contribution in [3.05, 3.63) is 57.6 Å². The number of aryl methyl sites for hydroxylation is 1. The standard InChI is InChI=1S/C13H13N3O2S/c1-9-4-2-3-5-10(9)8-19-13-11(16(17)18)6-7-12(14)15-13/h2-7H,8H2,1H3,(H2,14,15). The van der Waals surface area contributed by atoms with Gasteiger partial charge in [-0.05, 0) is 24.1 Å². The number of hydrogen-bond acceptors (Lipinski definition) is 5. The first-order valence-corrected chi connectivity index (χ1v) is 6.64. The van der Waals surface area contributed by atoms with Crippen LogP contribution in [0.15, 0.2) is 41.4 Å². The fraction of sp³-hybridized carbons (Fsp3) is 0.154. The number of pyridine rings is 1. The van der Waals surface area contributed by atoms with E-state index in [9.17, 15) is 10.1 Å². The highest BCUT2D eigenvalue weighted by Crippen LogP contribution is 2.31. The third-order valence-electron chi connectivity index (χ3n) is 2.68. The van der Waals surface area contributed by atoms with E-state index in [1.54, 1.807) is 0 Å². The molecule has 0 bridgehead atoms. The van der Waals surface area contributed by atoms with Crippen molar-refractivity contribution in [1.29, 1.82) is 0 Å². The van der Waals surface area contributed by atoms with E-state index < -0.39 is 4.92 Å². The van der Waals surface area contributed by atoms with Crippen LogP contribution < -0.4 is 5.73 Å². The molecule has 0 fully saturated rings. The molecule has 2 aromatic rings. The molecule has 0 atom stereocenters. The molecule has 0 aliphatic rings. The lowest BCUT2D eigenvalue weighted by molar-refractivity contribution is -0.388. The zero-order valence-electron chi connectivity index (χ0n) is 10.4. The number of nitro groups is 1. The molecule has 0 saturated carbocycles. The first-order chi connectivity index (χ1) is 9.08. The maximum absolute atomic E-state index is 10.9. The minimum absolute atomic E-state index is 0.00668. The predicted octanol–water partition coefficient (Wildman–Crippen LogP) is 3.17. The Kier molecular flexibility index (Phi) is 4.01. The molecular weight excluding hydrogens is 262 g/mol. The second-order valence-electron chi connectivity index (χ2n) is 4.03. The lowest BCUT2D eigenvalue weighted by Gasteiger charge is -2.05. The molecule has 6 heteroatoms. The third kappa shape index (κ3) is 3.23. The highest BCUT2D eigenvalue weighted by Gasteiger charge is 2.16. The zero-order chi connectivity index (χ0) is 13.8. The fourth-order valence-electron chi connectivity index (χ4n) is 1.61. The smallest absolute Gasteiger partial charge is 0.301 e. The van der Waals surface area contributed by atoms with Crippen LogP contribution in [0.5, 0.6) is 0 Å². The largest absolute Gasteiger partial charge is 0.384 e. The normalized spacial score (nSPS) is 10.4. The number of benzene rings is 1. The lowest BCUT2D eigenvalue weighted by Crippen LogP contribution is -1.97. The van der Waals surface area contributed by atoms with E-state index in [1.807, 2.05) is 31.2 Å². The second-order valence-corrected chi connectivity index (χ2v) is 5.00. The van der Waals surface area contributed by atoms with Gasteiger partial charge in [0.25, 0.3) is 0 Å². The predicted molar refractivity (Wildman–Crippen MR) is 76.0 cm³/mol. The molecule has 1 aromatic heterocycles. The highest BCUT2D eigenvalue weighted by molar-refractivity contribution is 7.98. The van der Waals surface area contributed by atoms with Gasteiger partial charge < -0.3 is 5.73 Å². The van der Waals surface area contributed by atoms with Crippen LogP contribution in [0.1, 0.15) is 11.1 Å². The Morgan fingerprint density at radius 1 is 1.32 bits per heavy atom. The summed E-state index contributed by atoms with van der Waals surface area (Å²) in [7, 11) is 0. The van der Waals surface area contributed by atoms with Gasteiger partial charge in [0.05, 0.1) is 4.92 Å². The van der Waals surface area contributed by atoms with E-state index in [2.05, 4.69) is 4.98 Å². The molecule has 1 aromatic carbocycles. The van der Waals surface area contributed by atoms with Crippen molar-refractivity contribution in [3.8, 4) is 0 Å². The Hall–Kier alpha value is -2.08. The summed E-state index contributed by atoms with van der Waals surface area (Å²) in [5.41, 5.74) is 7.86. The van der Waals surface area contributed by atoms with E-state index in [0.717, 1.165) is 11.1 Å². The van der Waals surface area contributed by atoms with Crippen LogP contribution in [-0.4, -0.2) is 9.91 Å². The van der Waals surface area contributed by atoms with E-state index in [4.69, 9.17) is 5.73 Å². The van der Waals surface area contributed by atoms with E-state index >= 15 is 0 Å². The van der Waals surface area contributed by atoms with Crippen LogP contribution >= 0.6 is 11.8 Å². The number of nitrogens with two attached hydrogens (primary N) is 1. The number of aromatic nitrogens is 1. The van der Waals surface area contributed by atoms with E-state index in [-0.39, 0.29) is 11.5 Å². The average molecular weight is 275 g/mol. The Morgan fingerprint density at radius 3 is 2.74 bits per heavy atom. The van der Waals surface area contributed by atoms with Gasteiger partial charge in [0.2, 0.25) is 0 Å². The number of nitrogen functional groups attached to an aromatic ring is 1. The fourth-order valence-corrected chi connectivity index (χ4v) is 2.69. The van der Waals surface area contributed by atoms with Crippen molar-refractivity contribution >= 4 is 23.3 Å². The molecule has 5 nitrogen and oxygen atoms in total. The van der Waals surface area contributed by atoms with Crippen molar-refractivity contribution < 1.29 is 4.92 Å². The molecule has 2 N–H and O–H groups in total. The molecule has 0 aliphatic heterocycles. The molecule has 0 saturated heterocycles. The minimum Gasteiger partial charge on any atom is -0.384 e. The van der Waals surface area contributed by atoms with Crippen LogP contribution in [0.25, 0.3) is 0 Å². The van der Waals surface area contributed by atoms with Crippen molar-refractivity contribution in [1.82, 2.24) is 4.98 Å². The van der Waals surface area contributed by atoms with E-state index in [0.29, 0.717) is 10.8 Å². The quantitative estimate of drug-likeness (QED) is 0.526. The number of hydrogen-bond donors (Lipinski definition) is 1. The average Bonchev–Trinajstić information content (AvgIpc) is 2.37. The first kappa shape index (κ1) is 13.4. The SMILES string of the molecule is Cc1ccccc1CSc1nc(N)ccc1[N+](=O)[O-]. The molecule has 0 aliphatic carbocycles. The van der Waals surface area contributed by atoms with Gasteiger partial charge >= 0.3 is 5.69 Å². The number of anilines is 1. The van der Waals surface area contributed by atoms with E-state index in [1.165, 1.54) is 23.9 Å². The van der Waals surface area contributed by atoms with Gasteiger partial charge in [-0.2, -0.15) is 0 Å². The highest BCUT2D eigenvalue weighted by atomic mass is 32.2. The summed E-state index contributed by atoms with van der Waals surface area (Å²) >= 11 is 1.32. The van der Waals surface area contributed by atoms with Gasteiger partial charge in [0, 0.05) is 11.8 Å². The van der Waals surface area contributed by atoms with Crippen LogP contribution in [0.3, 0.4) is 0 Å². The summed E-state index contributed by atoms with van der Waals surface area (Å²) in [6.07, 6.45) is 0. The molecule has 0 amide bonds. The monoisotopic (exact) mass is 275 g/mol. The lowest BCUT2D eigenvalue weighted by atomic mass is 10.1. The summed E-state index contributed by atoms with van der Waals surface area (Å²) in [6, 6.07) is 10.8. The molecular formula is C13H13N3O2S. The summed E-state index contributed by atoms with van der Waals surface area (Å²) in [4.78, 5) is 14.5. The van der Waals surface area contributed by atoms with Crippen molar-refractivity contribution in [2.24, 2.45) is 0 Å². The van der Waals surface area contributed by atoms with Gasteiger partial charge in [-0.15, -0.1) is 0 Å². The first-order valence-electron chi connectivity index (χ1n) is 5.66. The molecule has 1 heterocycles. The summed E-state index contributed by atoms with van der Waals surface area (Å²) < 4.78 is 0. The molecule has 0 unspecified atom stereocenters. The Bertz CT molecular complexity index is 617. The van der Waals surface area contributed by atoms with Crippen molar-refractivity contribution in [2.75, 3.05) is 5.73 Å². The van der Waals surface area contributed by atoms with Gasteiger partial charge in [-0.1, -0.05) is 36.0 Å².